The molecule has 4 aromatic rings. The van der Waals surface area contributed by atoms with Crippen molar-refractivity contribution in [2.24, 2.45) is 0 Å². The molecule has 5 heterocycles. The topological polar surface area (TPSA) is 54.3 Å². The Morgan fingerprint density at radius 2 is 1.77 bits per heavy atom. The van der Waals surface area contributed by atoms with Crippen molar-refractivity contribution in [1.29, 1.82) is 0 Å². The lowest BCUT2D eigenvalue weighted by atomic mass is 9.99. The summed E-state index contributed by atoms with van der Waals surface area (Å²) in [5.74, 6) is 0.686. The Balaban J connectivity index is 1.66. The first-order valence-electron chi connectivity index (χ1n) is 13.0. The van der Waals surface area contributed by atoms with E-state index in [9.17, 15) is 18.0 Å². The van der Waals surface area contributed by atoms with E-state index in [2.05, 4.69) is 28.7 Å². The molecule has 0 saturated carbocycles. The number of pyridine rings is 1. The van der Waals surface area contributed by atoms with Crippen LogP contribution in [-0.4, -0.2) is 57.4 Å². The van der Waals surface area contributed by atoms with Crippen LogP contribution in [0.1, 0.15) is 30.9 Å². The maximum absolute atomic E-state index is 14.8. The molecule has 3 aromatic heterocycles. The standard InChI is InChI=1S/C28H27ClF3N5OS2/c1-15-10-36(11-16(2)35(15)3)26-20-9-21(28(30,31)32)23(22-8-19(29)14-39-22)25-24(20)37(27(38)34-26)12-18(13-40-25)17-4-6-33-7-5-17/h4-9,14-16,18H,10-13H2,1-3H3/t15-,16+,18-/m0/s1. The number of aromatic nitrogens is 3. The summed E-state index contributed by atoms with van der Waals surface area (Å²) < 4.78 is 46.0. The summed E-state index contributed by atoms with van der Waals surface area (Å²) in [7, 11) is 2.03. The van der Waals surface area contributed by atoms with Gasteiger partial charge in [0.1, 0.15) is 5.82 Å². The molecule has 0 radical (unpaired) electrons. The van der Waals surface area contributed by atoms with Crippen LogP contribution in [0.3, 0.4) is 0 Å². The lowest BCUT2D eigenvalue weighted by Crippen LogP contribution is -2.55. The van der Waals surface area contributed by atoms with Crippen LogP contribution in [0.2, 0.25) is 5.02 Å². The summed E-state index contributed by atoms with van der Waals surface area (Å²) in [5.41, 5.74) is 0.343. The first kappa shape index (κ1) is 27.6. The number of benzene rings is 1. The zero-order valence-electron chi connectivity index (χ0n) is 22.1. The number of anilines is 1. The third-order valence-electron chi connectivity index (χ3n) is 7.99. The summed E-state index contributed by atoms with van der Waals surface area (Å²) in [5, 5.41) is 2.36. The van der Waals surface area contributed by atoms with Crippen molar-refractivity contribution in [1.82, 2.24) is 19.4 Å². The van der Waals surface area contributed by atoms with E-state index in [4.69, 9.17) is 11.6 Å². The largest absolute Gasteiger partial charge is 0.417 e. The van der Waals surface area contributed by atoms with Gasteiger partial charge in [-0.1, -0.05) is 11.6 Å². The molecule has 0 N–H and O–H groups in total. The molecule has 0 amide bonds. The van der Waals surface area contributed by atoms with Crippen LogP contribution in [-0.2, 0) is 12.7 Å². The maximum atomic E-state index is 14.8. The predicted molar refractivity (Wildman–Crippen MR) is 156 cm³/mol. The van der Waals surface area contributed by atoms with Gasteiger partial charge in [0.2, 0.25) is 0 Å². The number of piperazine rings is 1. The normalized spacial score (nSPS) is 22.1. The van der Waals surface area contributed by atoms with Crippen LogP contribution >= 0.6 is 34.7 Å². The van der Waals surface area contributed by atoms with Crippen LogP contribution in [0, 0.1) is 0 Å². The zero-order chi connectivity index (χ0) is 28.3. The van der Waals surface area contributed by atoms with Gasteiger partial charge in [0.05, 0.1) is 16.1 Å². The van der Waals surface area contributed by atoms with Gasteiger partial charge < -0.3 is 4.90 Å². The van der Waals surface area contributed by atoms with E-state index < -0.39 is 17.4 Å². The van der Waals surface area contributed by atoms with Crippen LogP contribution in [0.25, 0.3) is 21.3 Å². The highest BCUT2D eigenvalue weighted by Crippen LogP contribution is 2.50. The third-order valence-corrected chi connectivity index (χ3v) is 10.5. The van der Waals surface area contributed by atoms with Gasteiger partial charge in [0, 0.05) is 81.9 Å². The van der Waals surface area contributed by atoms with E-state index in [1.165, 1.54) is 29.2 Å². The minimum Gasteiger partial charge on any atom is -0.353 e. The quantitative estimate of drug-likeness (QED) is 0.262. The summed E-state index contributed by atoms with van der Waals surface area (Å²) in [6.45, 7) is 5.55. The molecule has 2 aliphatic rings. The van der Waals surface area contributed by atoms with Crippen molar-refractivity contribution in [2.45, 2.75) is 49.5 Å². The number of hydrogen-bond donors (Lipinski definition) is 0. The van der Waals surface area contributed by atoms with E-state index in [1.807, 2.05) is 24.1 Å². The molecule has 1 saturated heterocycles. The molecule has 6 nitrogen and oxygen atoms in total. The molecular formula is C28H27ClF3N5OS2. The van der Waals surface area contributed by atoms with Crippen molar-refractivity contribution in [3.63, 3.8) is 0 Å². The summed E-state index contributed by atoms with van der Waals surface area (Å²) in [6.07, 6.45) is -1.25. The third kappa shape index (κ3) is 4.80. The molecule has 6 rings (SSSR count). The fraction of sp³-hybridized carbons (Fsp3) is 0.393. The Kier molecular flexibility index (Phi) is 7.13. The molecule has 0 aliphatic carbocycles. The Labute approximate surface area is 242 Å². The minimum atomic E-state index is -4.63. The van der Waals surface area contributed by atoms with Crippen LogP contribution < -0.4 is 10.6 Å². The second kappa shape index (κ2) is 10.3. The van der Waals surface area contributed by atoms with Gasteiger partial charge in [0.25, 0.3) is 0 Å². The molecule has 0 unspecified atom stereocenters. The SMILES string of the molecule is C[C@@H]1CN(c2nc(=O)n3c4c(c(-c5cc(Cl)cs5)c(C(F)(F)F)cc24)SC[C@@H](c2ccncc2)C3)C[C@H](C)N1C. The molecule has 12 heteroatoms. The number of nitrogens with zero attached hydrogens (tertiary/aromatic N) is 5. The number of hydrogen-bond acceptors (Lipinski definition) is 7. The summed E-state index contributed by atoms with van der Waals surface area (Å²) in [6, 6.07) is 6.82. The van der Waals surface area contributed by atoms with Crippen molar-refractivity contribution in [2.75, 3.05) is 30.8 Å². The van der Waals surface area contributed by atoms with Gasteiger partial charge in [0.15, 0.2) is 0 Å². The minimum absolute atomic E-state index is 0.0719. The maximum Gasteiger partial charge on any atom is 0.417 e. The molecule has 3 atom stereocenters. The molecule has 1 aromatic carbocycles. The highest BCUT2D eigenvalue weighted by molar-refractivity contribution is 7.99. The van der Waals surface area contributed by atoms with Crippen LogP contribution in [0.15, 0.2) is 51.7 Å². The number of rotatable bonds is 3. The van der Waals surface area contributed by atoms with Gasteiger partial charge in [-0.25, -0.2) is 4.79 Å². The molecule has 1 fully saturated rings. The van der Waals surface area contributed by atoms with E-state index in [0.717, 1.165) is 5.56 Å². The van der Waals surface area contributed by atoms with Gasteiger partial charge in [-0.3, -0.25) is 14.5 Å². The van der Waals surface area contributed by atoms with E-state index in [1.54, 1.807) is 28.4 Å². The lowest BCUT2D eigenvalue weighted by Gasteiger charge is -2.43. The average Bonchev–Trinajstić information content (AvgIpc) is 3.24. The summed E-state index contributed by atoms with van der Waals surface area (Å²) >= 11 is 8.73. The van der Waals surface area contributed by atoms with Crippen LogP contribution in [0.4, 0.5) is 19.0 Å². The van der Waals surface area contributed by atoms with Crippen molar-refractivity contribution >= 4 is 51.4 Å². The number of alkyl halides is 3. The molecular weight excluding hydrogens is 579 g/mol. The second-order valence-electron chi connectivity index (χ2n) is 10.5. The van der Waals surface area contributed by atoms with E-state index in [0.29, 0.717) is 56.9 Å². The molecule has 0 spiro atoms. The Bertz CT molecular complexity index is 1630. The Morgan fingerprint density at radius 1 is 1.07 bits per heavy atom. The zero-order valence-corrected chi connectivity index (χ0v) is 24.5. The molecule has 40 heavy (non-hydrogen) atoms. The van der Waals surface area contributed by atoms with Gasteiger partial charge in [-0.05, 0) is 50.7 Å². The lowest BCUT2D eigenvalue weighted by molar-refractivity contribution is -0.137. The predicted octanol–water partition coefficient (Wildman–Crippen LogP) is 6.61. The number of thioether (sulfide) groups is 1. The van der Waals surface area contributed by atoms with Gasteiger partial charge >= 0.3 is 11.9 Å². The summed E-state index contributed by atoms with van der Waals surface area (Å²) in [4.78, 5) is 27.4. The van der Waals surface area contributed by atoms with E-state index >= 15 is 0 Å². The number of thiophene rings is 1. The Morgan fingerprint density at radius 3 is 2.40 bits per heavy atom. The van der Waals surface area contributed by atoms with Crippen molar-refractivity contribution < 1.29 is 13.2 Å². The smallest absolute Gasteiger partial charge is 0.353 e. The Hall–Kier alpha value is -2.60. The van der Waals surface area contributed by atoms with Gasteiger partial charge in [-0.2, -0.15) is 18.2 Å². The molecule has 210 valence electrons. The van der Waals surface area contributed by atoms with E-state index in [-0.39, 0.29) is 23.6 Å². The highest BCUT2D eigenvalue weighted by atomic mass is 35.5. The van der Waals surface area contributed by atoms with Gasteiger partial charge in [-0.15, -0.1) is 23.1 Å². The fourth-order valence-electron chi connectivity index (χ4n) is 5.73. The molecule has 0 bridgehead atoms. The van der Waals surface area contributed by atoms with Crippen LogP contribution in [0.5, 0.6) is 0 Å². The number of halogens is 4. The monoisotopic (exact) mass is 605 g/mol. The highest BCUT2D eigenvalue weighted by Gasteiger charge is 2.39. The second-order valence-corrected chi connectivity index (χ2v) is 12.9. The fourth-order valence-corrected chi connectivity index (χ4v) is 8.32. The van der Waals surface area contributed by atoms with Crippen molar-refractivity contribution in [3.05, 3.63) is 68.7 Å². The molecule has 2 aliphatic heterocycles. The average molecular weight is 606 g/mol. The first-order chi connectivity index (χ1) is 19.0. The van der Waals surface area contributed by atoms with Crippen molar-refractivity contribution in [3.8, 4) is 10.4 Å². The first-order valence-corrected chi connectivity index (χ1v) is 15.2. The number of likely N-dealkylation sites (N-methyl/N-ethyl adjacent to an activating group) is 1.